The molecule has 0 unspecified atom stereocenters. The summed E-state index contributed by atoms with van der Waals surface area (Å²) in [6, 6.07) is 9.53. The van der Waals surface area contributed by atoms with Crippen LogP contribution in [-0.4, -0.2) is 31.6 Å². The predicted octanol–water partition coefficient (Wildman–Crippen LogP) is 3.66. The molecule has 1 aromatic rings. The van der Waals surface area contributed by atoms with Crippen molar-refractivity contribution in [3.05, 3.63) is 35.4 Å². The number of nitrogens with zero attached hydrogens (tertiary/aromatic N) is 1. The number of hydrogen-bond donors (Lipinski definition) is 1. The van der Waals surface area contributed by atoms with Crippen molar-refractivity contribution >= 4 is 0 Å². The Morgan fingerprint density at radius 3 is 2.24 bits per heavy atom. The summed E-state index contributed by atoms with van der Waals surface area (Å²) in [4.78, 5) is 2.44. The van der Waals surface area contributed by atoms with Crippen LogP contribution in [0.15, 0.2) is 24.3 Å². The molecule has 2 N–H and O–H groups in total. The minimum atomic E-state index is 0.267. The van der Waals surface area contributed by atoms with Gasteiger partial charge < -0.3 is 10.6 Å². The molecule has 0 amide bonds. The molecule has 1 aromatic carbocycles. The highest BCUT2D eigenvalue weighted by molar-refractivity contribution is 5.32. The summed E-state index contributed by atoms with van der Waals surface area (Å²) in [5.41, 5.74) is 9.45. The Balaban J connectivity index is 1.74. The number of benzene rings is 1. The van der Waals surface area contributed by atoms with Gasteiger partial charge in [0.2, 0.25) is 0 Å². The lowest BCUT2D eigenvalue weighted by Gasteiger charge is -2.37. The van der Waals surface area contributed by atoms with Crippen LogP contribution in [0.1, 0.15) is 62.0 Å². The molecule has 2 nitrogen and oxygen atoms in total. The van der Waals surface area contributed by atoms with Crippen LogP contribution < -0.4 is 5.73 Å². The minimum Gasteiger partial charge on any atom is -0.330 e. The summed E-state index contributed by atoms with van der Waals surface area (Å²) < 4.78 is 0. The Bertz CT molecular complexity index is 437. The summed E-state index contributed by atoms with van der Waals surface area (Å²) in [6.07, 6.45) is 9.22. The van der Waals surface area contributed by atoms with Crippen molar-refractivity contribution in [2.45, 2.75) is 56.3 Å². The summed E-state index contributed by atoms with van der Waals surface area (Å²) in [7, 11) is 2.23. The van der Waals surface area contributed by atoms with Crippen LogP contribution in [0.5, 0.6) is 0 Å². The number of hydrogen-bond acceptors (Lipinski definition) is 2. The van der Waals surface area contributed by atoms with Crippen LogP contribution in [0.2, 0.25) is 0 Å². The highest BCUT2D eigenvalue weighted by atomic mass is 15.1. The van der Waals surface area contributed by atoms with Gasteiger partial charge >= 0.3 is 0 Å². The van der Waals surface area contributed by atoms with E-state index in [9.17, 15) is 0 Å². The third-order valence-corrected chi connectivity index (χ3v) is 5.91. The molecule has 0 aromatic heterocycles. The molecule has 3 rings (SSSR count). The first-order valence-electron chi connectivity index (χ1n) is 8.73. The molecule has 1 heterocycles. The fourth-order valence-electron chi connectivity index (χ4n) is 4.29. The third kappa shape index (κ3) is 3.17. The summed E-state index contributed by atoms with van der Waals surface area (Å²) in [6.45, 7) is 3.28. The largest absolute Gasteiger partial charge is 0.330 e. The van der Waals surface area contributed by atoms with E-state index in [1.807, 2.05) is 0 Å². The third-order valence-electron chi connectivity index (χ3n) is 5.91. The van der Waals surface area contributed by atoms with Crippen molar-refractivity contribution in [2.24, 2.45) is 5.73 Å². The molecule has 1 aliphatic carbocycles. The van der Waals surface area contributed by atoms with Crippen LogP contribution in [-0.2, 0) is 5.41 Å². The van der Waals surface area contributed by atoms with E-state index in [4.69, 9.17) is 5.73 Å². The Morgan fingerprint density at radius 2 is 1.67 bits per heavy atom. The summed E-state index contributed by atoms with van der Waals surface area (Å²) >= 11 is 0. The average molecular weight is 286 g/mol. The van der Waals surface area contributed by atoms with Gasteiger partial charge in [0.1, 0.15) is 0 Å². The van der Waals surface area contributed by atoms with Gasteiger partial charge in [0, 0.05) is 12.0 Å². The van der Waals surface area contributed by atoms with Gasteiger partial charge in [-0.15, -0.1) is 0 Å². The molecule has 116 valence electrons. The Labute approximate surface area is 129 Å². The Morgan fingerprint density at radius 1 is 1.05 bits per heavy atom. The van der Waals surface area contributed by atoms with E-state index in [-0.39, 0.29) is 5.41 Å². The zero-order valence-corrected chi connectivity index (χ0v) is 13.5. The lowest BCUT2D eigenvalue weighted by atomic mass is 9.69. The smallest absolute Gasteiger partial charge is 0.00755 e. The zero-order chi connectivity index (χ0) is 14.7. The van der Waals surface area contributed by atoms with Gasteiger partial charge in [0.15, 0.2) is 0 Å². The molecule has 0 radical (unpaired) electrons. The van der Waals surface area contributed by atoms with Gasteiger partial charge in [0.25, 0.3) is 0 Å². The van der Waals surface area contributed by atoms with Crippen LogP contribution in [0.25, 0.3) is 0 Å². The standard InChI is InChI=1S/C19H30N2/c1-21-13-9-17(10-14-21)16-5-7-18(8-6-16)19(15-20)11-3-2-4-12-19/h5-8,17H,2-4,9-15,20H2,1H3. The molecule has 0 spiro atoms. The molecule has 1 saturated heterocycles. The number of piperidine rings is 1. The molecular formula is C19H30N2. The molecule has 1 saturated carbocycles. The maximum atomic E-state index is 6.16. The van der Waals surface area contributed by atoms with E-state index >= 15 is 0 Å². The maximum Gasteiger partial charge on any atom is 0.00755 e. The Hall–Kier alpha value is -0.860. The highest BCUT2D eigenvalue weighted by Gasteiger charge is 2.32. The quantitative estimate of drug-likeness (QED) is 0.919. The fourth-order valence-corrected chi connectivity index (χ4v) is 4.29. The topological polar surface area (TPSA) is 29.3 Å². The van der Waals surface area contributed by atoms with Gasteiger partial charge in [-0.05, 0) is 62.9 Å². The van der Waals surface area contributed by atoms with E-state index in [0.29, 0.717) is 0 Å². The van der Waals surface area contributed by atoms with Crippen molar-refractivity contribution in [1.29, 1.82) is 0 Å². The fraction of sp³-hybridized carbons (Fsp3) is 0.684. The van der Waals surface area contributed by atoms with Crippen LogP contribution in [0.3, 0.4) is 0 Å². The molecule has 1 aliphatic heterocycles. The van der Waals surface area contributed by atoms with Crippen molar-refractivity contribution in [2.75, 3.05) is 26.7 Å². The first-order chi connectivity index (χ1) is 10.2. The second-order valence-corrected chi connectivity index (χ2v) is 7.24. The van der Waals surface area contributed by atoms with E-state index in [1.54, 1.807) is 0 Å². The zero-order valence-electron chi connectivity index (χ0n) is 13.5. The van der Waals surface area contributed by atoms with E-state index in [2.05, 4.69) is 36.2 Å². The molecule has 0 bridgehead atoms. The number of likely N-dealkylation sites (tertiary alicyclic amines) is 1. The normalized spacial score (nSPS) is 24.1. The van der Waals surface area contributed by atoms with Gasteiger partial charge in [-0.3, -0.25) is 0 Å². The summed E-state index contributed by atoms with van der Waals surface area (Å²) in [5, 5.41) is 0. The summed E-state index contributed by atoms with van der Waals surface area (Å²) in [5.74, 6) is 0.760. The molecule has 2 aliphatic rings. The van der Waals surface area contributed by atoms with Crippen molar-refractivity contribution in [3.8, 4) is 0 Å². The number of rotatable bonds is 3. The number of nitrogens with two attached hydrogens (primary N) is 1. The monoisotopic (exact) mass is 286 g/mol. The van der Waals surface area contributed by atoms with Crippen LogP contribution >= 0.6 is 0 Å². The van der Waals surface area contributed by atoms with Gasteiger partial charge in [-0.2, -0.15) is 0 Å². The molecule has 2 heteroatoms. The van der Waals surface area contributed by atoms with E-state index in [1.165, 1.54) is 69.2 Å². The maximum absolute atomic E-state index is 6.16. The SMILES string of the molecule is CN1CCC(c2ccc(C3(CN)CCCCC3)cc2)CC1. The average Bonchev–Trinajstić information content (AvgIpc) is 2.56. The second-order valence-electron chi connectivity index (χ2n) is 7.24. The van der Waals surface area contributed by atoms with E-state index < -0.39 is 0 Å². The van der Waals surface area contributed by atoms with E-state index in [0.717, 1.165) is 12.5 Å². The van der Waals surface area contributed by atoms with Gasteiger partial charge in [-0.25, -0.2) is 0 Å². The molecule has 21 heavy (non-hydrogen) atoms. The molecule has 2 fully saturated rings. The minimum absolute atomic E-state index is 0.267. The first-order valence-corrected chi connectivity index (χ1v) is 8.73. The van der Waals surface area contributed by atoms with Crippen molar-refractivity contribution in [3.63, 3.8) is 0 Å². The van der Waals surface area contributed by atoms with Crippen molar-refractivity contribution in [1.82, 2.24) is 4.90 Å². The second kappa shape index (κ2) is 6.50. The predicted molar refractivity (Wildman–Crippen MR) is 89.7 cm³/mol. The lowest BCUT2D eigenvalue weighted by Crippen LogP contribution is -2.37. The molecule has 0 atom stereocenters. The van der Waals surface area contributed by atoms with Crippen LogP contribution in [0, 0.1) is 0 Å². The lowest BCUT2D eigenvalue weighted by molar-refractivity contribution is 0.255. The highest BCUT2D eigenvalue weighted by Crippen LogP contribution is 2.39. The van der Waals surface area contributed by atoms with Gasteiger partial charge in [-0.1, -0.05) is 43.5 Å². The molecular weight excluding hydrogens is 256 g/mol. The first kappa shape index (κ1) is 15.1. The van der Waals surface area contributed by atoms with Crippen LogP contribution in [0.4, 0.5) is 0 Å². The van der Waals surface area contributed by atoms with Crippen molar-refractivity contribution < 1.29 is 0 Å². The van der Waals surface area contributed by atoms with Gasteiger partial charge in [0.05, 0.1) is 0 Å². The Kier molecular flexibility index (Phi) is 4.66.